The highest BCUT2D eigenvalue weighted by Gasteiger charge is 2.15. The van der Waals surface area contributed by atoms with E-state index in [1.807, 2.05) is 13.8 Å². The molecule has 5 nitrogen and oxygen atoms in total. The molecule has 3 aromatic rings. The lowest BCUT2D eigenvalue weighted by Gasteiger charge is -2.11. The second kappa shape index (κ2) is 8.88. The van der Waals surface area contributed by atoms with Gasteiger partial charge in [-0.3, -0.25) is 4.79 Å². The van der Waals surface area contributed by atoms with Crippen LogP contribution in [-0.4, -0.2) is 23.7 Å². The predicted molar refractivity (Wildman–Crippen MR) is 107 cm³/mol. The number of ether oxygens (including phenoxy) is 2. The molecule has 3 rings (SSSR count). The minimum Gasteiger partial charge on any atom is -0.490 e. The standard InChI is InChI=1S/C21H18F2N2O3S/c1-4-9-25-19-15(23)11-14(22)12-18(19)29-21(25)24-20(26)13-7-8-16(27-5-2)17(10-13)28-6-3/h1,7-8,10-12H,5-6,9H2,2-3H3. The Balaban J connectivity index is 2.10. The summed E-state index contributed by atoms with van der Waals surface area (Å²) in [5.41, 5.74) is 0.385. The molecule has 0 saturated heterocycles. The summed E-state index contributed by atoms with van der Waals surface area (Å²) in [4.78, 5) is 17.0. The molecule has 0 spiro atoms. The average molecular weight is 416 g/mol. The second-order valence-corrected chi connectivity index (χ2v) is 6.86. The van der Waals surface area contributed by atoms with Crippen LogP contribution in [0.3, 0.4) is 0 Å². The zero-order valence-electron chi connectivity index (χ0n) is 15.9. The fourth-order valence-corrected chi connectivity index (χ4v) is 3.86. The number of benzene rings is 2. The van der Waals surface area contributed by atoms with Crippen LogP contribution in [0.25, 0.3) is 10.2 Å². The highest BCUT2D eigenvalue weighted by Crippen LogP contribution is 2.29. The first kappa shape index (κ1) is 20.6. The number of rotatable bonds is 6. The Morgan fingerprint density at radius 1 is 1.17 bits per heavy atom. The molecule has 150 valence electrons. The Morgan fingerprint density at radius 3 is 2.59 bits per heavy atom. The van der Waals surface area contributed by atoms with Gasteiger partial charge in [0, 0.05) is 11.6 Å². The third kappa shape index (κ3) is 4.30. The molecule has 0 aliphatic carbocycles. The van der Waals surface area contributed by atoms with Crippen molar-refractivity contribution in [1.82, 2.24) is 4.57 Å². The molecular weight excluding hydrogens is 398 g/mol. The van der Waals surface area contributed by atoms with Crippen molar-refractivity contribution in [3.8, 4) is 23.8 Å². The quantitative estimate of drug-likeness (QED) is 0.567. The number of carbonyl (C=O) groups excluding carboxylic acids is 1. The number of hydrogen-bond donors (Lipinski definition) is 0. The summed E-state index contributed by atoms with van der Waals surface area (Å²) in [5, 5.41) is 0. The molecule has 0 radical (unpaired) electrons. The van der Waals surface area contributed by atoms with E-state index in [9.17, 15) is 13.6 Å². The van der Waals surface area contributed by atoms with E-state index >= 15 is 0 Å². The average Bonchev–Trinajstić information content (AvgIpc) is 3.01. The minimum atomic E-state index is -0.764. The molecule has 0 bridgehead atoms. The summed E-state index contributed by atoms with van der Waals surface area (Å²) in [6.07, 6.45) is 5.38. The van der Waals surface area contributed by atoms with Crippen LogP contribution in [0.5, 0.6) is 11.5 Å². The third-order valence-electron chi connectivity index (χ3n) is 3.93. The highest BCUT2D eigenvalue weighted by molar-refractivity contribution is 7.16. The Bertz CT molecular complexity index is 1180. The molecule has 0 aliphatic heterocycles. The number of carbonyl (C=O) groups is 1. The first-order valence-electron chi connectivity index (χ1n) is 8.89. The smallest absolute Gasteiger partial charge is 0.279 e. The van der Waals surface area contributed by atoms with Crippen molar-refractivity contribution >= 4 is 27.5 Å². The maximum atomic E-state index is 14.3. The number of halogens is 2. The Morgan fingerprint density at radius 2 is 1.90 bits per heavy atom. The van der Waals surface area contributed by atoms with Crippen molar-refractivity contribution in [2.75, 3.05) is 13.2 Å². The summed E-state index contributed by atoms with van der Waals surface area (Å²) in [6.45, 7) is 4.51. The summed E-state index contributed by atoms with van der Waals surface area (Å²) >= 11 is 0.985. The second-order valence-electron chi connectivity index (χ2n) is 5.85. The van der Waals surface area contributed by atoms with E-state index in [4.69, 9.17) is 15.9 Å². The molecule has 29 heavy (non-hydrogen) atoms. The lowest BCUT2D eigenvalue weighted by Crippen LogP contribution is -2.17. The lowest BCUT2D eigenvalue weighted by atomic mass is 10.2. The van der Waals surface area contributed by atoms with Crippen LogP contribution in [0.1, 0.15) is 24.2 Å². The van der Waals surface area contributed by atoms with E-state index in [0.29, 0.717) is 29.4 Å². The molecule has 0 fully saturated rings. The van der Waals surface area contributed by atoms with Gasteiger partial charge in [-0.1, -0.05) is 17.3 Å². The predicted octanol–water partition coefficient (Wildman–Crippen LogP) is 4.15. The fraction of sp³-hybridized carbons (Fsp3) is 0.238. The number of terminal acetylenes is 1. The van der Waals surface area contributed by atoms with Crippen molar-refractivity contribution in [2.45, 2.75) is 20.4 Å². The maximum absolute atomic E-state index is 14.3. The van der Waals surface area contributed by atoms with Gasteiger partial charge in [-0.15, -0.1) is 6.42 Å². The van der Waals surface area contributed by atoms with E-state index in [1.54, 1.807) is 18.2 Å². The molecule has 0 atom stereocenters. The largest absolute Gasteiger partial charge is 0.490 e. The van der Waals surface area contributed by atoms with Crippen LogP contribution < -0.4 is 14.3 Å². The van der Waals surface area contributed by atoms with Gasteiger partial charge in [0.1, 0.15) is 5.82 Å². The molecule has 2 aromatic carbocycles. The van der Waals surface area contributed by atoms with Gasteiger partial charge in [-0.2, -0.15) is 4.99 Å². The molecule has 0 saturated carbocycles. The van der Waals surface area contributed by atoms with E-state index in [2.05, 4.69) is 10.9 Å². The van der Waals surface area contributed by atoms with E-state index < -0.39 is 17.5 Å². The molecule has 0 unspecified atom stereocenters. The summed E-state index contributed by atoms with van der Waals surface area (Å²) in [6, 6.07) is 6.70. The SMILES string of the molecule is C#CCn1c(=NC(=O)c2ccc(OCC)c(OCC)c2)sc2cc(F)cc(F)c21. The third-order valence-corrected chi connectivity index (χ3v) is 4.96. The summed E-state index contributed by atoms with van der Waals surface area (Å²) in [5.74, 6) is 1.31. The molecular formula is C21H18F2N2O3S. The van der Waals surface area contributed by atoms with Crippen molar-refractivity contribution in [2.24, 2.45) is 4.99 Å². The van der Waals surface area contributed by atoms with Gasteiger partial charge in [-0.25, -0.2) is 8.78 Å². The number of fused-ring (bicyclic) bond motifs is 1. The lowest BCUT2D eigenvalue weighted by molar-refractivity contribution is 0.0997. The van der Waals surface area contributed by atoms with Crippen molar-refractivity contribution in [3.05, 3.63) is 52.3 Å². The fourth-order valence-electron chi connectivity index (χ4n) is 2.79. The van der Waals surface area contributed by atoms with Gasteiger partial charge in [0.15, 0.2) is 22.1 Å². The van der Waals surface area contributed by atoms with E-state index in [1.165, 1.54) is 10.6 Å². The topological polar surface area (TPSA) is 52.8 Å². The number of nitrogens with zero attached hydrogens (tertiary/aromatic N) is 2. The number of amides is 1. The highest BCUT2D eigenvalue weighted by atomic mass is 32.1. The molecule has 0 N–H and O–H groups in total. The van der Waals surface area contributed by atoms with Gasteiger partial charge >= 0.3 is 0 Å². The van der Waals surface area contributed by atoms with Crippen LogP contribution in [0.4, 0.5) is 8.78 Å². The van der Waals surface area contributed by atoms with E-state index in [0.717, 1.165) is 17.4 Å². The van der Waals surface area contributed by atoms with Crippen LogP contribution in [-0.2, 0) is 6.54 Å². The normalized spacial score (nSPS) is 11.5. The number of thiazole rings is 1. The van der Waals surface area contributed by atoms with E-state index in [-0.39, 0.29) is 22.4 Å². The minimum absolute atomic E-state index is 0.0118. The molecule has 0 aliphatic rings. The van der Waals surface area contributed by atoms with Gasteiger partial charge in [0.2, 0.25) is 0 Å². The Hall–Kier alpha value is -3.18. The van der Waals surface area contributed by atoms with Gasteiger partial charge < -0.3 is 14.0 Å². The van der Waals surface area contributed by atoms with Crippen molar-refractivity contribution in [1.29, 1.82) is 0 Å². The van der Waals surface area contributed by atoms with Gasteiger partial charge in [0.25, 0.3) is 5.91 Å². The monoisotopic (exact) mass is 416 g/mol. The Kier molecular flexibility index (Phi) is 6.29. The zero-order chi connectivity index (χ0) is 21.0. The van der Waals surface area contributed by atoms with Crippen LogP contribution in [0, 0.1) is 24.0 Å². The van der Waals surface area contributed by atoms with Gasteiger partial charge in [0.05, 0.1) is 30.0 Å². The maximum Gasteiger partial charge on any atom is 0.279 e. The first-order chi connectivity index (χ1) is 14.0. The molecule has 1 aromatic heterocycles. The molecule has 1 heterocycles. The molecule has 1 amide bonds. The number of hydrogen-bond acceptors (Lipinski definition) is 4. The van der Waals surface area contributed by atoms with Crippen LogP contribution >= 0.6 is 11.3 Å². The van der Waals surface area contributed by atoms with Gasteiger partial charge in [-0.05, 0) is 38.1 Å². The summed E-state index contributed by atoms with van der Waals surface area (Å²) < 4.78 is 40.6. The molecule has 8 heteroatoms. The van der Waals surface area contributed by atoms with Crippen molar-refractivity contribution in [3.63, 3.8) is 0 Å². The van der Waals surface area contributed by atoms with Crippen LogP contribution in [0.15, 0.2) is 35.3 Å². The van der Waals surface area contributed by atoms with Crippen LogP contribution in [0.2, 0.25) is 0 Å². The first-order valence-corrected chi connectivity index (χ1v) is 9.70. The Labute approximate surface area is 170 Å². The zero-order valence-corrected chi connectivity index (χ0v) is 16.7. The summed E-state index contributed by atoms with van der Waals surface area (Å²) in [7, 11) is 0. The van der Waals surface area contributed by atoms with Crippen molar-refractivity contribution < 1.29 is 23.0 Å². The number of aromatic nitrogens is 1.